The average molecular weight is 147 g/mol. The molecule has 0 heterocycles. The Labute approximate surface area is 60.0 Å². The quantitative estimate of drug-likeness (QED) is 0.552. The fourth-order valence-electron chi connectivity index (χ4n) is 0.570. The Balaban J connectivity index is 4.38. The minimum absolute atomic E-state index is 0.241. The van der Waals surface area contributed by atoms with Crippen molar-refractivity contribution in [3.05, 3.63) is 0 Å². The van der Waals surface area contributed by atoms with E-state index < -0.39 is 11.7 Å². The Hall–Kier alpha value is -0.610. The van der Waals surface area contributed by atoms with Gasteiger partial charge in [-0.3, -0.25) is 5.73 Å². The summed E-state index contributed by atoms with van der Waals surface area (Å²) in [5.41, 5.74) is 3.82. The molecule has 4 nitrogen and oxygen atoms in total. The highest BCUT2D eigenvalue weighted by Crippen LogP contribution is 2.13. The molecule has 3 N–H and O–H groups in total. The molecular weight excluding hydrogens is 134 g/mol. The van der Waals surface area contributed by atoms with E-state index in [0.29, 0.717) is 0 Å². The van der Waals surface area contributed by atoms with E-state index >= 15 is 0 Å². The fourth-order valence-corrected chi connectivity index (χ4v) is 0.570. The van der Waals surface area contributed by atoms with Crippen LogP contribution in [0.5, 0.6) is 0 Å². The van der Waals surface area contributed by atoms with Crippen molar-refractivity contribution in [1.29, 1.82) is 0 Å². The number of aliphatic carboxylic acids is 1. The van der Waals surface area contributed by atoms with Crippen LogP contribution in [0.15, 0.2) is 0 Å². The van der Waals surface area contributed by atoms with Crippen molar-refractivity contribution < 1.29 is 14.6 Å². The largest absolute Gasteiger partial charge is 0.478 e. The second-order valence-electron chi connectivity index (χ2n) is 2.46. The van der Waals surface area contributed by atoms with Crippen LogP contribution in [0, 0.1) is 5.92 Å². The standard InChI is InChI=1S/C6H13NO3/c1-4(2)6(7,10-3)5(8)9/h4H,7H2,1-3H3,(H,8,9)/t6-/m1/s1. The molecule has 0 aliphatic rings. The number of carboxylic acids is 1. The van der Waals surface area contributed by atoms with Gasteiger partial charge in [0.05, 0.1) is 0 Å². The average Bonchev–Trinajstić information content (AvgIpc) is 1.85. The molecule has 1 atom stereocenters. The normalized spacial score (nSPS) is 16.9. The Morgan fingerprint density at radius 1 is 1.70 bits per heavy atom. The number of carboxylic acid groups (broad SMARTS) is 1. The zero-order chi connectivity index (χ0) is 8.36. The maximum atomic E-state index is 10.4. The summed E-state index contributed by atoms with van der Waals surface area (Å²) in [4.78, 5) is 10.4. The van der Waals surface area contributed by atoms with Crippen molar-refractivity contribution in [3.63, 3.8) is 0 Å². The van der Waals surface area contributed by atoms with Gasteiger partial charge in [-0.05, 0) is 0 Å². The molecule has 0 radical (unpaired) electrons. The number of rotatable bonds is 3. The lowest BCUT2D eigenvalue weighted by atomic mass is 10.0. The lowest BCUT2D eigenvalue weighted by Gasteiger charge is -2.26. The first-order valence-corrected chi connectivity index (χ1v) is 3.02. The highest BCUT2D eigenvalue weighted by Gasteiger charge is 2.37. The van der Waals surface area contributed by atoms with Gasteiger partial charge in [0.1, 0.15) is 0 Å². The summed E-state index contributed by atoms with van der Waals surface area (Å²) in [7, 11) is 1.29. The van der Waals surface area contributed by atoms with E-state index in [1.54, 1.807) is 13.8 Å². The molecule has 0 aromatic rings. The third-order valence-corrected chi connectivity index (χ3v) is 1.53. The Morgan fingerprint density at radius 2 is 2.10 bits per heavy atom. The van der Waals surface area contributed by atoms with Gasteiger partial charge >= 0.3 is 5.97 Å². The molecule has 0 unspecified atom stereocenters. The fraction of sp³-hybridized carbons (Fsp3) is 0.833. The minimum Gasteiger partial charge on any atom is -0.478 e. The number of carbonyl (C=O) groups is 1. The van der Waals surface area contributed by atoms with Crippen LogP contribution in [-0.4, -0.2) is 23.9 Å². The van der Waals surface area contributed by atoms with Gasteiger partial charge in [-0.2, -0.15) is 0 Å². The van der Waals surface area contributed by atoms with Crippen LogP contribution >= 0.6 is 0 Å². The van der Waals surface area contributed by atoms with Gasteiger partial charge in [0.15, 0.2) is 0 Å². The molecule has 4 heteroatoms. The summed E-state index contributed by atoms with van der Waals surface area (Å²) in [6, 6.07) is 0. The van der Waals surface area contributed by atoms with Crippen molar-refractivity contribution >= 4 is 5.97 Å². The second-order valence-corrected chi connectivity index (χ2v) is 2.46. The summed E-state index contributed by atoms with van der Waals surface area (Å²) in [6.45, 7) is 3.38. The molecule has 0 aliphatic heterocycles. The zero-order valence-electron chi connectivity index (χ0n) is 6.42. The Kier molecular flexibility index (Phi) is 2.80. The lowest BCUT2D eigenvalue weighted by molar-refractivity contribution is -0.167. The van der Waals surface area contributed by atoms with E-state index in [4.69, 9.17) is 10.8 Å². The first-order chi connectivity index (χ1) is 4.45. The van der Waals surface area contributed by atoms with Crippen molar-refractivity contribution in [1.82, 2.24) is 0 Å². The van der Waals surface area contributed by atoms with E-state index in [2.05, 4.69) is 4.74 Å². The van der Waals surface area contributed by atoms with E-state index in [9.17, 15) is 4.79 Å². The van der Waals surface area contributed by atoms with E-state index in [1.165, 1.54) is 7.11 Å². The Bertz CT molecular complexity index is 135. The van der Waals surface area contributed by atoms with Crippen LogP contribution in [0.2, 0.25) is 0 Å². The van der Waals surface area contributed by atoms with Gasteiger partial charge in [0.2, 0.25) is 5.72 Å². The molecule has 0 aromatic heterocycles. The first-order valence-electron chi connectivity index (χ1n) is 3.02. The molecule has 0 fully saturated rings. The van der Waals surface area contributed by atoms with Crippen LogP contribution in [0.4, 0.5) is 0 Å². The molecule has 60 valence electrons. The molecule has 0 rings (SSSR count). The molecule has 0 bridgehead atoms. The molecule has 0 spiro atoms. The third kappa shape index (κ3) is 1.46. The highest BCUT2D eigenvalue weighted by molar-refractivity contribution is 5.76. The summed E-state index contributed by atoms with van der Waals surface area (Å²) in [6.07, 6.45) is 0. The summed E-state index contributed by atoms with van der Waals surface area (Å²) < 4.78 is 4.64. The van der Waals surface area contributed by atoms with Crippen LogP contribution in [-0.2, 0) is 9.53 Å². The van der Waals surface area contributed by atoms with Crippen LogP contribution in [0.25, 0.3) is 0 Å². The van der Waals surface area contributed by atoms with Gasteiger partial charge in [0.25, 0.3) is 0 Å². The van der Waals surface area contributed by atoms with Gasteiger partial charge in [-0.25, -0.2) is 4.79 Å². The molecule has 0 aliphatic carbocycles. The highest BCUT2D eigenvalue weighted by atomic mass is 16.5. The summed E-state index contributed by atoms with van der Waals surface area (Å²) in [5.74, 6) is -1.38. The maximum Gasteiger partial charge on any atom is 0.351 e. The molecule has 10 heavy (non-hydrogen) atoms. The maximum absolute atomic E-state index is 10.4. The van der Waals surface area contributed by atoms with Crippen molar-refractivity contribution in [3.8, 4) is 0 Å². The third-order valence-electron chi connectivity index (χ3n) is 1.53. The lowest BCUT2D eigenvalue weighted by Crippen LogP contribution is -2.54. The van der Waals surface area contributed by atoms with Gasteiger partial charge in [-0.15, -0.1) is 0 Å². The smallest absolute Gasteiger partial charge is 0.351 e. The Morgan fingerprint density at radius 3 is 2.10 bits per heavy atom. The van der Waals surface area contributed by atoms with Gasteiger partial charge in [0, 0.05) is 13.0 Å². The van der Waals surface area contributed by atoms with Crippen LogP contribution < -0.4 is 5.73 Å². The number of methoxy groups -OCH3 is 1. The number of ether oxygens (including phenoxy) is 1. The summed E-state index contributed by atoms with van der Waals surface area (Å²) >= 11 is 0. The van der Waals surface area contributed by atoms with E-state index in [-0.39, 0.29) is 5.92 Å². The van der Waals surface area contributed by atoms with Crippen molar-refractivity contribution in [2.75, 3.05) is 7.11 Å². The van der Waals surface area contributed by atoms with E-state index in [1.807, 2.05) is 0 Å². The SMILES string of the molecule is CO[C@@](N)(C(=O)O)C(C)C. The molecular formula is C6H13NO3. The van der Waals surface area contributed by atoms with Crippen molar-refractivity contribution in [2.24, 2.45) is 11.7 Å². The topological polar surface area (TPSA) is 72.5 Å². The van der Waals surface area contributed by atoms with Crippen molar-refractivity contribution in [2.45, 2.75) is 19.6 Å². The number of nitrogens with two attached hydrogens (primary N) is 1. The number of hydrogen-bond acceptors (Lipinski definition) is 3. The molecule has 0 saturated heterocycles. The van der Waals surface area contributed by atoms with E-state index in [0.717, 1.165) is 0 Å². The monoisotopic (exact) mass is 147 g/mol. The summed E-state index contributed by atoms with van der Waals surface area (Å²) in [5, 5.41) is 8.55. The van der Waals surface area contributed by atoms with Crippen LogP contribution in [0.3, 0.4) is 0 Å². The molecule has 0 saturated carbocycles. The van der Waals surface area contributed by atoms with Gasteiger partial charge < -0.3 is 9.84 Å². The van der Waals surface area contributed by atoms with Gasteiger partial charge in [-0.1, -0.05) is 13.8 Å². The zero-order valence-corrected chi connectivity index (χ0v) is 6.42. The second kappa shape index (κ2) is 2.98. The molecule has 0 amide bonds. The predicted molar refractivity (Wildman–Crippen MR) is 36.4 cm³/mol. The first kappa shape index (κ1) is 9.39. The molecule has 0 aromatic carbocycles. The number of hydrogen-bond donors (Lipinski definition) is 2. The van der Waals surface area contributed by atoms with Crippen LogP contribution in [0.1, 0.15) is 13.8 Å². The minimum atomic E-state index is -1.54. The predicted octanol–water partition coefficient (Wildman–Crippen LogP) is 0.0284.